The van der Waals surface area contributed by atoms with Crippen molar-refractivity contribution in [2.75, 3.05) is 0 Å². The standard InChI is InChI=1S/C11H9BrO3/c1-5-3-8(12)10-7(6(5)2)4-9(15-10)11(13)14/h3-4H,1-2H3,(H,13,14). The Morgan fingerprint density at radius 2 is 2.07 bits per heavy atom. The molecule has 0 spiro atoms. The van der Waals surface area contributed by atoms with Gasteiger partial charge in [0.25, 0.3) is 0 Å². The molecule has 0 aliphatic rings. The van der Waals surface area contributed by atoms with Crippen LogP contribution in [-0.2, 0) is 0 Å². The van der Waals surface area contributed by atoms with E-state index in [4.69, 9.17) is 9.52 Å². The average molecular weight is 269 g/mol. The number of carboxylic acids is 1. The Bertz CT molecular complexity index is 554. The van der Waals surface area contributed by atoms with E-state index >= 15 is 0 Å². The normalized spacial score (nSPS) is 10.9. The molecule has 1 aromatic carbocycles. The van der Waals surface area contributed by atoms with Gasteiger partial charge in [-0.2, -0.15) is 0 Å². The van der Waals surface area contributed by atoms with Gasteiger partial charge in [-0.1, -0.05) is 0 Å². The molecule has 1 heterocycles. The molecular formula is C11H9BrO3. The third kappa shape index (κ3) is 1.55. The molecule has 0 aliphatic heterocycles. The van der Waals surface area contributed by atoms with Crippen LogP contribution in [0.2, 0.25) is 0 Å². The lowest BCUT2D eigenvalue weighted by atomic mass is 10.1. The molecule has 1 N–H and O–H groups in total. The molecule has 2 aromatic rings. The summed E-state index contributed by atoms with van der Waals surface area (Å²) in [5, 5.41) is 9.67. The SMILES string of the molecule is Cc1cc(Br)c2oc(C(=O)O)cc2c1C. The Hall–Kier alpha value is -1.29. The lowest BCUT2D eigenvalue weighted by Gasteiger charge is -2.01. The Balaban J connectivity index is 2.85. The number of rotatable bonds is 1. The maximum absolute atomic E-state index is 10.8. The van der Waals surface area contributed by atoms with Crippen LogP contribution in [0, 0.1) is 13.8 Å². The van der Waals surface area contributed by atoms with Gasteiger partial charge in [-0.15, -0.1) is 0 Å². The van der Waals surface area contributed by atoms with E-state index in [1.54, 1.807) is 6.07 Å². The van der Waals surface area contributed by atoms with Gasteiger partial charge >= 0.3 is 5.97 Å². The van der Waals surface area contributed by atoms with E-state index in [9.17, 15) is 4.79 Å². The van der Waals surface area contributed by atoms with E-state index < -0.39 is 5.97 Å². The summed E-state index contributed by atoms with van der Waals surface area (Å²) >= 11 is 3.36. The predicted molar refractivity (Wildman–Crippen MR) is 60.3 cm³/mol. The summed E-state index contributed by atoms with van der Waals surface area (Å²) in [6.07, 6.45) is 0. The summed E-state index contributed by atoms with van der Waals surface area (Å²) in [5.41, 5.74) is 2.74. The van der Waals surface area contributed by atoms with E-state index in [2.05, 4.69) is 15.9 Å². The average Bonchev–Trinajstić information content (AvgIpc) is 2.59. The molecule has 0 radical (unpaired) electrons. The van der Waals surface area contributed by atoms with Gasteiger partial charge in [0.2, 0.25) is 5.76 Å². The fourth-order valence-electron chi connectivity index (χ4n) is 1.53. The smallest absolute Gasteiger partial charge is 0.371 e. The number of furan rings is 1. The molecule has 0 amide bonds. The Morgan fingerprint density at radius 1 is 1.40 bits per heavy atom. The van der Waals surface area contributed by atoms with Crippen LogP contribution in [0.25, 0.3) is 11.0 Å². The van der Waals surface area contributed by atoms with Crippen LogP contribution in [0.3, 0.4) is 0 Å². The number of hydrogen-bond acceptors (Lipinski definition) is 2. The van der Waals surface area contributed by atoms with Crippen LogP contribution in [0.1, 0.15) is 21.7 Å². The van der Waals surface area contributed by atoms with Gasteiger partial charge < -0.3 is 9.52 Å². The van der Waals surface area contributed by atoms with E-state index in [0.29, 0.717) is 5.58 Å². The summed E-state index contributed by atoms with van der Waals surface area (Å²) in [6, 6.07) is 3.48. The number of carbonyl (C=O) groups is 1. The highest BCUT2D eigenvalue weighted by Crippen LogP contribution is 2.31. The first-order chi connectivity index (χ1) is 7.00. The highest BCUT2D eigenvalue weighted by atomic mass is 79.9. The maximum atomic E-state index is 10.8. The minimum Gasteiger partial charge on any atom is -0.475 e. The van der Waals surface area contributed by atoms with Gasteiger partial charge in [0.05, 0.1) is 4.47 Å². The Morgan fingerprint density at radius 3 is 2.67 bits per heavy atom. The van der Waals surface area contributed by atoms with Crippen molar-refractivity contribution in [2.24, 2.45) is 0 Å². The molecule has 0 atom stereocenters. The molecule has 0 saturated carbocycles. The van der Waals surface area contributed by atoms with Gasteiger partial charge in [-0.25, -0.2) is 4.79 Å². The van der Waals surface area contributed by atoms with Crippen molar-refractivity contribution in [3.05, 3.63) is 33.5 Å². The number of aromatic carboxylic acids is 1. The molecule has 15 heavy (non-hydrogen) atoms. The first-order valence-corrected chi connectivity index (χ1v) is 5.22. The van der Waals surface area contributed by atoms with Crippen molar-refractivity contribution in [3.63, 3.8) is 0 Å². The zero-order valence-corrected chi connectivity index (χ0v) is 9.88. The van der Waals surface area contributed by atoms with Gasteiger partial charge in [-0.05, 0) is 53.0 Å². The third-order valence-electron chi connectivity index (χ3n) is 2.50. The van der Waals surface area contributed by atoms with Crippen molar-refractivity contribution in [3.8, 4) is 0 Å². The van der Waals surface area contributed by atoms with Crippen LogP contribution < -0.4 is 0 Å². The molecule has 0 bridgehead atoms. The summed E-state index contributed by atoms with van der Waals surface area (Å²) in [5.74, 6) is -1.07. The second-order valence-corrected chi connectivity index (χ2v) is 4.31. The zero-order chi connectivity index (χ0) is 11.2. The van der Waals surface area contributed by atoms with Crippen molar-refractivity contribution in [1.82, 2.24) is 0 Å². The second kappa shape index (κ2) is 3.38. The van der Waals surface area contributed by atoms with Gasteiger partial charge in [-0.3, -0.25) is 0 Å². The first kappa shape index (κ1) is 10.2. The number of benzene rings is 1. The molecule has 2 rings (SSSR count). The van der Waals surface area contributed by atoms with Gasteiger partial charge in [0.15, 0.2) is 0 Å². The summed E-state index contributed by atoms with van der Waals surface area (Å²) in [7, 11) is 0. The highest BCUT2D eigenvalue weighted by molar-refractivity contribution is 9.10. The van der Waals surface area contributed by atoms with Crippen molar-refractivity contribution in [1.29, 1.82) is 0 Å². The number of halogens is 1. The Kier molecular flexibility index (Phi) is 2.31. The maximum Gasteiger partial charge on any atom is 0.371 e. The first-order valence-electron chi connectivity index (χ1n) is 4.43. The molecule has 1 aromatic heterocycles. The van der Waals surface area contributed by atoms with Gasteiger partial charge in [0, 0.05) is 5.39 Å². The molecule has 0 aliphatic carbocycles. The lowest BCUT2D eigenvalue weighted by Crippen LogP contribution is -1.91. The van der Waals surface area contributed by atoms with Crippen molar-refractivity contribution >= 4 is 32.9 Å². The quantitative estimate of drug-likeness (QED) is 0.861. The fraction of sp³-hybridized carbons (Fsp3) is 0.182. The molecule has 0 unspecified atom stereocenters. The topological polar surface area (TPSA) is 50.4 Å². The lowest BCUT2D eigenvalue weighted by molar-refractivity contribution is 0.0665. The van der Waals surface area contributed by atoms with E-state index in [1.165, 1.54) is 0 Å². The molecule has 0 fully saturated rings. The van der Waals surface area contributed by atoms with Crippen LogP contribution in [-0.4, -0.2) is 11.1 Å². The monoisotopic (exact) mass is 268 g/mol. The number of carboxylic acid groups (broad SMARTS) is 1. The summed E-state index contributed by atoms with van der Waals surface area (Å²) in [6.45, 7) is 3.93. The van der Waals surface area contributed by atoms with E-state index in [0.717, 1.165) is 21.0 Å². The molecule has 3 nitrogen and oxygen atoms in total. The van der Waals surface area contributed by atoms with Crippen LogP contribution in [0.15, 0.2) is 21.0 Å². The summed E-state index contributed by atoms with van der Waals surface area (Å²) < 4.78 is 6.03. The van der Waals surface area contributed by atoms with Crippen molar-refractivity contribution in [2.45, 2.75) is 13.8 Å². The van der Waals surface area contributed by atoms with Gasteiger partial charge in [0.1, 0.15) is 5.58 Å². The van der Waals surface area contributed by atoms with E-state index in [-0.39, 0.29) is 5.76 Å². The largest absolute Gasteiger partial charge is 0.475 e. The minimum atomic E-state index is -1.05. The highest BCUT2D eigenvalue weighted by Gasteiger charge is 2.15. The number of hydrogen-bond donors (Lipinski definition) is 1. The molecular weight excluding hydrogens is 260 g/mol. The van der Waals surface area contributed by atoms with Crippen molar-refractivity contribution < 1.29 is 14.3 Å². The van der Waals surface area contributed by atoms with Crippen LogP contribution in [0.4, 0.5) is 0 Å². The second-order valence-electron chi connectivity index (χ2n) is 3.46. The predicted octanol–water partition coefficient (Wildman–Crippen LogP) is 3.51. The van der Waals surface area contributed by atoms with E-state index in [1.807, 2.05) is 19.9 Å². The molecule has 4 heteroatoms. The number of fused-ring (bicyclic) bond motifs is 1. The third-order valence-corrected chi connectivity index (χ3v) is 3.09. The van der Waals surface area contributed by atoms with Crippen LogP contribution >= 0.6 is 15.9 Å². The summed E-state index contributed by atoms with van der Waals surface area (Å²) in [4.78, 5) is 10.8. The zero-order valence-electron chi connectivity index (χ0n) is 8.30. The Labute approximate surface area is 94.8 Å². The molecule has 78 valence electrons. The fourth-order valence-corrected chi connectivity index (χ4v) is 2.17. The number of aryl methyl sites for hydroxylation is 2. The van der Waals surface area contributed by atoms with Crippen LogP contribution in [0.5, 0.6) is 0 Å². The molecule has 0 saturated heterocycles. The minimum absolute atomic E-state index is 0.0283.